The Balaban J connectivity index is 2.09. The summed E-state index contributed by atoms with van der Waals surface area (Å²) in [6.07, 6.45) is 0.843. The minimum Gasteiger partial charge on any atom is -0.460 e. The Hall–Kier alpha value is -2.53. The van der Waals surface area contributed by atoms with Gasteiger partial charge < -0.3 is 9.73 Å². The molecule has 6 heteroatoms. The molecule has 1 amide bonds. The fourth-order valence-corrected chi connectivity index (χ4v) is 2.66. The van der Waals surface area contributed by atoms with Crippen LogP contribution in [0.2, 0.25) is 5.02 Å². The predicted molar refractivity (Wildman–Crippen MR) is 98.2 cm³/mol. The van der Waals surface area contributed by atoms with Gasteiger partial charge in [-0.2, -0.15) is 5.10 Å². The molecule has 3 rings (SSSR count). The minimum atomic E-state index is -0.198. The Morgan fingerprint density at radius 2 is 2.08 bits per heavy atom. The van der Waals surface area contributed by atoms with Crippen molar-refractivity contribution in [3.8, 4) is 17.1 Å². The molecule has 2 aromatic heterocycles. The highest BCUT2D eigenvalue weighted by Gasteiger charge is 2.21. The number of nitrogens with zero attached hydrogens (tertiary/aromatic N) is 2. The first-order valence-electron chi connectivity index (χ1n) is 8.22. The van der Waals surface area contributed by atoms with E-state index < -0.39 is 0 Å². The number of furan rings is 1. The van der Waals surface area contributed by atoms with E-state index in [1.165, 1.54) is 0 Å². The molecule has 0 saturated heterocycles. The molecule has 5 nitrogen and oxygen atoms in total. The smallest absolute Gasteiger partial charge is 0.270 e. The summed E-state index contributed by atoms with van der Waals surface area (Å²) in [4.78, 5) is 12.7. The summed E-state index contributed by atoms with van der Waals surface area (Å²) < 4.78 is 7.21. The van der Waals surface area contributed by atoms with E-state index in [4.69, 9.17) is 16.0 Å². The second-order valence-corrected chi connectivity index (χ2v) is 6.38. The summed E-state index contributed by atoms with van der Waals surface area (Å²) in [7, 11) is 0. The predicted octanol–water partition coefficient (Wildman–Crippen LogP) is 4.62. The first kappa shape index (κ1) is 17.3. The maximum Gasteiger partial charge on any atom is 0.270 e. The number of carbonyl (C=O) groups is 1. The van der Waals surface area contributed by atoms with Crippen LogP contribution in [-0.2, 0) is 0 Å². The van der Waals surface area contributed by atoms with Crippen LogP contribution in [0, 0.1) is 6.92 Å². The number of amides is 1. The number of benzene rings is 1. The third-order valence-electron chi connectivity index (χ3n) is 4.01. The van der Waals surface area contributed by atoms with Crippen molar-refractivity contribution >= 4 is 17.5 Å². The van der Waals surface area contributed by atoms with Crippen molar-refractivity contribution in [3.05, 3.63) is 58.9 Å². The van der Waals surface area contributed by atoms with Gasteiger partial charge in [-0.25, -0.2) is 4.68 Å². The van der Waals surface area contributed by atoms with Crippen molar-refractivity contribution in [2.24, 2.45) is 0 Å². The van der Waals surface area contributed by atoms with Crippen LogP contribution in [0.1, 0.15) is 36.5 Å². The third kappa shape index (κ3) is 3.61. The van der Waals surface area contributed by atoms with Crippen LogP contribution in [0.25, 0.3) is 17.1 Å². The largest absolute Gasteiger partial charge is 0.460 e. The number of aromatic nitrogens is 2. The van der Waals surface area contributed by atoms with Crippen molar-refractivity contribution in [3.63, 3.8) is 0 Å². The van der Waals surface area contributed by atoms with E-state index >= 15 is 0 Å². The lowest BCUT2D eigenvalue weighted by atomic mass is 10.2. The van der Waals surface area contributed by atoms with E-state index in [-0.39, 0.29) is 11.9 Å². The second kappa shape index (κ2) is 7.15. The molecule has 0 fully saturated rings. The molecule has 3 aromatic rings. The standard InChI is InChI=1S/C19H20ClN3O2/c1-4-12(2)21-19(24)17-11-15(18-10-9-13(3)25-18)22-23(17)16-8-6-5-7-14(16)20/h5-12H,4H2,1-3H3,(H,21,24). The maximum absolute atomic E-state index is 12.7. The van der Waals surface area contributed by atoms with Crippen molar-refractivity contribution in [2.75, 3.05) is 0 Å². The lowest BCUT2D eigenvalue weighted by Crippen LogP contribution is -2.33. The number of hydrogen-bond acceptors (Lipinski definition) is 3. The molecule has 1 aromatic carbocycles. The number of para-hydroxylation sites is 1. The number of carbonyl (C=O) groups excluding carboxylic acids is 1. The van der Waals surface area contributed by atoms with Crippen LogP contribution in [-0.4, -0.2) is 21.7 Å². The quantitative estimate of drug-likeness (QED) is 0.724. The van der Waals surface area contributed by atoms with Crippen LogP contribution in [0.5, 0.6) is 0 Å². The van der Waals surface area contributed by atoms with Gasteiger partial charge in [-0.3, -0.25) is 4.79 Å². The van der Waals surface area contributed by atoms with Crippen LogP contribution in [0.3, 0.4) is 0 Å². The Morgan fingerprint density at radius 3 is 2.72 bits per heavy atom. The zero-order chi connectivity index (χ0) is 18.0. The van der Waals surface area contributed by atoms with Gasteiger partial charge in [-0.05, 0) is 44.5 Å². The molecule has 1 unspecified atom stereocenters. The highest BCUT2D eigenvalue weighted by Crippen LogP contribution is 2.26. The van der Waals surface area contributed by atoms with Crippen molar-refractivity contribution < 1.29 is 9.21 Å². The summed E-state index contributed by atoms with van der Waals surface area (Å²) in [6.45, 7) is 5.85. The monoisotopic (exact) mass is 357 g/mol. The molecule has 0 saturated carbocycles. The van der Waals surface area contributed by atoms with Crippen LogP contribution < -0.4 is 5.32 Å². The fraction of sp³-hybridized carbons (Fsp3) is 0.263. The normalized spacial score (nSPS) is 12.2. The van der Waals surface area contributed by atoms with Gasteiger partial charge in [0.1, 0.15) is 17.1 Å². The molecule has 0 bridgehead atoms. The molecule has 0 spiro atoms. The van der Waals surface area contributed by atoms with Gasteiger partial charge in [0.15, 0.2) is 5.76 Å². The van der Waals surface area contributed by atoms with Crippen LogP contribution in [0.4, 0.5) is 0 Å². The summed E-state index contributed by atoms with van der Waals surface area (Å²) in [5, 5.41) is 8.05. The first-order chi connectivity index (χ1) is 12.0. The molecule has 1 atom stereocenters. The van der Waals surface area contributed by atoms with Gasteiger partial charge in [-0.15, -0.1) is 0 Å². The van der Waals surface area contributed by atoms with Gasteiger partial charge in [-0.1, -0.05) is 30.7 Å². The van der Waals surface area contributed by atoms with E-state index in [1.54, 1.807) is 16.8 Å². The fourth-order valence-electron chi connectivity index (χ4n) is 2.44. The highest BCUT2D eigenvalue weighted by molar-refractivity contribution is 6.32. The molecule has 25 heavy (non-hydrogen) atoms. The summed E-state index contributed by atoms with van der Waals surface area (Å²) >= 11 is 6.31. The third-order valence-corrected chi connectivity index (χ3v) is 4.32. The number of hydrogen-bond donors (Lipinski definition) is 1. The molecule has 1 N–H and O–H groups in total. The van der Waals surface area contributed by atoms with Crippen LogP contribution in [0.15, 0.2) is 46.9 Å². The zero-order valence-corrected chi connectivity index (χ0v) is 15.2. The average Bonchev–Trinajstić information content (AvgIpc) is 3.21. The van der Waals surface area contributed by atoms with E-state index in [0.29, 0.717) is 27.9 Å². The highest BCUT2D eigenvalue weighted by atomic mass is 35.5. The number of aryl methyl sites for hydroxylation is 1. The Labute approximate surface area is 151 Å². The molecular formula is C19H20ClN3O2. The molecule has 0 aliphatic carbocycles. The van der Waals surface area contributed by atoms with E-state index in [1.807, 2.05) is 51.1 Å². The molecular weight excluding hydrogens is 338 g/mol. The van der Waals surface area contributed by atoms with Gasteiger partial charge >= 0.3 is 0 Å². The van der Waals surface area contributed by atoms with Gasteiger partial charge in [0.05, 0.1) is 10.7 Å². The second-order valence-electron chi connectivity index (χ2n) is 5.97. The summed E-state index contributed by atoms with van der Waals surface area (Å²) in [5.41, 5.74) is 1.65. The Bertz CT molecular complexity index is 898. The van der Waals surface area contributed by atoms with Crippen molar-refractivity contribution in [1.29, 1.82) is 0 Å². The van der Waals surface area contributed by atoms with E-state index in [9.17, 15) is 4.79 Å². The van der Waals surface area contributed by atoms with Gasteiger partial charge in [0.2, 0.25) is 0 Å². The number of rotatable bonds is 5. The Morgan fingerprint density at radius 1 is 1.32 bits per heavy atom. The molecule has 0 aliphatic heterocycles. The topological polar surface area (TPSA) is 60.1 Å². The molecule has 0 radical (unpaired) electrons. The maximum atomic E-state index is 12.7. The van der Waals surface area contributed by atoms with Crippen LogP contribution >= 0.6 is 11.6 Å². The Kier molecular flexibility index (Phi) is 4.95. The number of halogens is 1. The lowest BCUT2D eigenvalue weighted by molar-refractivity contribution is 0.0931. The number of nitrogens with one attached hydrogen (secondary N) is 1. The zero-order valence-electron chi connectivity index (χ0n) is 14.4. The minimum absolute atomic E-state index is 0.0661. The average molecular weight is 358 g/mol. The molecule has 0 aliphatic rings. The summed E-state index contributed by atoms with van der Waals surface area (Å²) in [5.74, 6) is 1.20. The molecule has 130 valence electrons. The summed E-state index contributed by atoms with van der Waals surface area (Å²) in [6, 6.07) is 12.8. The van der Waals surface area contributed by atoms with Crippen molar-refractivity contribution in [2.45, 2.75) is 33.2 Å². The van der Waals surface area contributed by atoms with E-state index in [0.717, 1.165) is 12.2 Å². The lowest BCUT2D eigenvalue weighted by Gasteiger charge is -2.13. The SMILES string of the molecule is CCC(C)NC(=O)c1cc(-c2ccc(C)o2)nn1-c1ccccc1Cl. The molecule has 2 heterocycles. The first-order valence-corrected chi connectivity index (χ1v) is 8.60. The van der Waals surface area contributed by atoms with Crippen molar-refractivity contribution in [1.82, 2.24) is 15.1 Å². The van der Waals surface area contributed by atoms with Gasteiger partial charge in [0, 0.05) is 12.1 Å². The van der Waals surface area contributed by atoms with Gasteiger partial charge in [0.25, 0.3) is 5.91 Å². The van der Waals surface area contributed by atoms with E-state index in [2.05, 4.69) is 10.4 Å².